The van der Waals surface area contributed by atoms with Crippen LogP contribution < -0.4 is 5.73 Å². The highest BCUT2D eigenvalue weighted by Crippen LogP contribution is 2.33. The second-order valence-electron chi connectivity index (χ2n) is 5.63. The van der Waals surface area contributed by atoms with Gasteiger partial charge in [0, 0.05) is 13.1 Å². The molecule has 1 unspecified atom stereocenters. The molecular formula is C14H18F4N2O. The van der Waals surface area contributed by atoms with E-state index in [0.717, 1.165) is 12.1 Å². The number of aliphatic hydroxyl groups excluding tert-OH is 1. The van der Waals surface area contributed by atoms with Crippen LogP contribution in [-0.2, 0) is 12.7 Å². The molecule has 118 valence electrons. The molecule has 0 bridgehead atoms. The summed E-state index contributed by atoms with van der Waals surface area (Å²) in [5.74, 6) is -0.909. The normalized spacial score (nSPS) is 24.3. The molecule has 21 heavy (non-hydrogen) atoms. The van der Waals surface area contributed by atoms with E-state index in [4.69, 9.17) is 5.73 Å². The number of aliphatic hydroxyl groups is 1. The zero-order chi connectivity index (χ0) is 15.7. The summed E-state index contributed by atoms with van der Waals surface area (Å²) in [6.45, 7) is 0.749. The van der Waals surface area contributed by atoms with Crippen molar-refractivity contribution in [3.05, 3.63) is 35.1 Å². The van der Waals surface area contributed by atoms with Gasteiger partial charge in [0.05, 0.1) is 17.7 Å². The summed E-state index contributed by atoms with van der Waals surface area (Å²) < 4.78 is 51.9. The van der Waals surface area contributed by atoms with E-state index in [9.17, 15) is 22.7 Å². The van der Waals surface area contributed by atoms with Crippen LogP contribution in [0.25, 0.3) is 0 Å². The standard InChI is InChI=1S/C14H18F4N2O/c15-11-3-2-10(12(6-11)14(16,17)18)7-20-5-1-4-13(19,8-20)9-21/h2-3,6,21H,1,4-5,7-9,19H2. The molecule has 3 N–H and O–H groups in total. The van der Waals surface area contributed by atoms with Crippen LogP contribution in [0, 0.1) is 5.82 Å². The number of rotatable bonds is 3. The van der Waals surface area contributed by atoms with Gasteiger partial charge in [0.2, 0.25) is 0 Å². The van der Waals surface area contributed by atoms with E-state index in [-0.39, 0.29) is 18.7 Å². The lowest BCUT2D eigenvalue weighted by atomic mass is 9.90. The van der Waals surface area contributed by atoms with Gasteiger partial charge < -0.3 is 10.8 Å². The average Bonchev–Trinajstić information content (AvgIpc) is 2.40. The third kappa shape index (κ3) is 3.93. The molecule has 0 saturated carbocycles. The van der Waals surface area contributed by atoms with Crippen LogP contribution in [0.15, 0.2) is 18.2 Å². The minimum atomic E-state index is -4.59. The summed E-state index contributed by atoms with van der Waals surface area (Å²) in [6.07, 6.45) is -3.25. The lowest BCUT2D eigenvalue weighted by Gasteiger charge is -2.39. The summed E-state index contributed by atoms with van der Waals surface area (Å²) in [5, 5.41) is 9.27. The highest BCUT2D eigenvalue weighted by molar-refractivity contribution is 5.30. The number of piperidine rings is 1. The number of nitrogens with zero attached hydrogens (tertiary/aromatic N) is 1. The van der Waals surface area contributed by atoms with Gasteiger partial charge >= 0.3 is 6.18 Å². The Bertz CT molecular complexity index is 506. The molecule has 1 fully saturated rings. The van der Waals surface area contributed by atoms with E-state index >= 15 is 0 Å². The predicted octanol–water partition coefficient (Wildman–Crippen LogP) is 2.13. The van der Waals surface area contributed by atoms with Crippen LogP contribution in [0.5, 0.6) is 0 Å². The molecule has 3 nitrogen and oxygen atoms in total. The van der Waals surface area contributed by atoms with E-state index in [1.807, 2.05) is 0 Å². The topological polar surface area (TPSA) is 49.5 Å². The van der Waals surface area contributed by atoms with Crippen LogP contribution in [0.1, 0.15) is 24.0 Å². The lowest BCUT2D eigenvalue weighted by Crippen LogP contribution is -2.56. The maximum Gasteiger partial charge on any atom is 0.416 e. The van der Waals surface area contributed by atoms with Crippen molar-refractivity contribution in [3.63, 3.8) is 0 Å². The molecule has 7 heteroatoms. The fraction of sp³-hybridized carbons (Fsp3) is 0.571. The number of hydrogen-bond donors (Lipinski definition) is 2. The Kier molecular flexibility index (Phi) is 4.55. The first-order chi connectivity index (χ1) is 9.73. The number of hydrogen-bond acceptors (Lipinski definition) is 3. The first-order valence-corrected chi connectivity index (χ1v) is 6.71. The minimum absolute atomic E-state index is 0.0195. The smallest absolute Gasteiger partial charge is 0.394 e. The maximum atomic E-state index is 13.1. The Morgan fingerprint density at radius 3 is 2.67 bits per heavy atom. The van der Waals surface area contributed by atoms with Gasteiger partial charge in [-0.3, -0.25) is 4.90 Å². The zero-order valence-corrected chi connectivity index (χ0v) is 11.5. The molecule has 0 radical (unpaired) electrons. The third-order valence-electron chi connectivity index (χ3n) is 3.77. The second kappa shape index (κ2) is 5.90. The van der Waals surface area contributed by atoms with E-state index in [1.165, 1.54) is 0 Å². The Morgan fingerprint density at radius 1 is 1.33 bits per heavy atom. The lowest BCUT2D eigenvalue weighted by molar-refractivity contribution is -0.138. The molecule has 1 aliphatic heterocycles. The highest BCUT2D eigenvalue weighted by Gasteiger charge is 2.36. The van der Waals surface area contributed by atoms with Crippen LogP contribution >= 0.6 is 0 Å². The van der Waals surface area contributed by atoms with Crippen molar-refractivity contribution < 1.29 is 22.7 Å². The molecule has 1 aromatic carbocycles. The van der Waals surface area contributed by atoms with Gasteiger partial charge in [-0.2, -0.15) is 13.2 Å². The van der Waals surface area contributed by atoms with E-state index < -0.39 is 23.1 Å². The van der Waals surface area contributed by atoms with Crippen LogP contribution in [0.4, 0.5) is 17.6 Å². The Balaban J connectivity index is 2.20. The molecule has 1 aliphatic rings. The largest absolute Gasteiger partial charge is 0.416 e. The van der Waals surface area contributed by atoms with Crippen molar-refractivity contribution >= 4 is 0 Å². The monoisotopic (exact) mass is 306 g/mol. The Morgan fingerprint density at radius 2 is 2.05 bits per heavy atom. The van der Waals surface area contributed by atoms with Gasteiger partial charge in [0.1, 0.15) is 5.82 Å². The first kappa shape index (κ1) is 16.2. The minimum Gasteiger partial charge on any atom is -0.394 e. The summed E-state index contributed by atoms with van der Waals surface area (Å²) in [4.78, 5) is 1.77. The Hall–Kier alpha value is -1.18. The number of likely N-dealkylation sites (tertiary alicyclic amines) is 1. The zero-order valence-electron chi connectivity index (χ0n) is 11.5. The van der Waals surface area contributed by atoms with Gasteiger partial charge in [-0.1, -0.05) is 6.07 Å². The molecule has 2 rings (SSSR count). The summed E-state index contributed by atoms with van der Waals surface area (Å²) in [6, 6.07) is 2.70. The molecule has 1 aromatic rings. The molecule has 0 aromatic heterocycles. The Labute approximate surface area is 120 Å². The van der Waals surface area contributed by atoms with E-state index in [2.05, 4.69) is 0 Å². The average molecular weight is 306 g/mol. The van der Waals surface area contributed by atoms with Crippen molar-refractivity contribution in [3.8, 4) is 0 Å². The molecule has 0 spiro atoms. The molecule has 1 saturated heterocycles. The van der Waals surface area contributed by atoms with Gasteiger partial charge in [-0.15, -0.1) is 0 Å². The number of nitrogens with two attached hydrogens (primary N) is 1. The third-order valence-corrected chi connectivity index (χ3v) is 3.77. The summed E-state index contributed by atoms with van der Waals surface area (Å²) >= 11 is 0. The van der Waals surface area contributed by atoms with Crippen LogP contribution in [0.2, 0.25) is 0 Å². The van der Waals surface area contributed by atoms with Crippen molar-refractivity contribution in [2.75, 3.05) is 19.7 Å². The van der Waals surface area contributed by atoms with Crippen molar-refractivity contribution in [2.24, 2.45) is 5.73 Å². The van der Waals surface area contributed by atoms with Gasteiger partial charge in [-0.05, 0) is 37.1 Å². The molecular weight excluding hydrogens is 288 g/mol. The second-order valence-corrected chi connectivity index (χ2v) is 5.63. The number of halogens is 4. The van der Waals surface area contributed by atoms with Gasteiger partial charge in [0.25, 0.3) is 0 Å². The van der Waals surface area contributed by atoms with Crippen LogP contribution in [0.3, 0.4) is 0 Å². The van der Waals surface area contributed by atoms with Crippen molar-refractivity contribution in [1.82, 2.24) is 4.90 Å². The molecule has 1 heterocycles. The summed E-state index contributed by atoms with van der Waals surface area (Å²) in [7, 11) is 0. The van der Waals surface area contributed by atoms with Crippen LogP contribution in [-0.4, -0.2) is 35.2 Å². The molecule has 1 atom stereocenters. The van der Waals surface area contributed by atoms with Crippen molar-refractivity contribution in [1.29, 1.82) is 0 Å². The first-order valence-electron chi connectivity index (χ1n) is 6.71. The fourth-order valence-corrected chi connectivity index (χ4v) is 2.71. The molecule has 0 aliphatic carbocycles. The molecule has 0 amide bonds. The van der Waals surface area contributed by atoms with Crippen molar-refractivity contribution in [2.45, 2.75) is 31.1 Å². The SMILES string of the molecule is NC1(CO)CCCN(Cc2ccc(F)cc2C(F)(F)F)C1. The maximum absolute atomic E-state index is 13.1. The van der Waals surface area contributed by atoms with E-state index in [1.54, 1.807) is 4.90 Å². The van der Waals surface area contributed by atoms with Gasteiger partial charge in [0.15, 0.2) is 0 Å². The van der Waals surface area contributed by atoms with Gasteiger partial charge in [-0.25, -0.2) is 4.39 Å². The number of benzene rings is 1. The van der Waals surface area contributed by atoms with E-state index in [0.29, 0.717) is 32.0 Å². The quantitative estimate of drug-likeness (QED) is 0.841. The fourth-order valence-electron chi connectivity index (χ4n) is 2.71. The predicted molar refractivity (Wildman–Crippen MR) is 69.9 cm³/mol. The highest BCUT2D eigenvalue weighted by atomic mass is 19.4. The number of alkyl halides is 3. The summed E-state index contributed by atoms with van der Waals surface area (Å²) in [5.41, 5.74) is 4.26.